The number of aliphatic hydroxyl groups excluding tert-OH is 1. The second-order valence-corrected chi connectivity index (χ2v) is 5.89. The standard InChI is InChI=1S/C11H16ClNOS/c1-7(6-14)13-9-3-2-4-10-8(9)5-11(12)15-10/h5,7,9,13-14H,2-4,6H2,1H3/t7-,9?/m1/s1. The number of thiophene rings is 1. The van der Waals surface area contributed by atoms with E-state index in [0.717, 1.165) is 17.2 Å². The van der Waals surface area contributed by atoms with Gasteiger partial charge in [-0.15, -0.1) is 11.3 Å². The highest BCUT2D eigenvalue weighted by Gasteiger charge is 2.23. The van der Waals surface area contributed by atoms with E-state index in [0.29, 0.717) is 6.04 Å². The SMILES string of the molecule is C[C@H](CO)NC1CCCc2sc(Cl)cc21. The summed E-state index contributed by atoms with van der Waals surface area (Å²) in [5, 5.41) is 12.5. The van der Waals surface area contributed by atoms with E-state index >= 15 is 0 Å². The molecule has 2 atom stereocenters. The Morgan fingerprint density at radius 2 is 2.53 bits per heavy atom. The molecule has 1 aromatic heterocycles. The smallest absolute Gasteiger partial charge is 0.0934 e. The molecule has 0 saturated heterocycles. The molecule has 0 bridgehead atoms. The molecular formula is C11H16ClNOS. The van der Waals surface area contributed by atoms with Crippen molar-refractivity contribution in [3.8, 4) is 0 Å². The minimum absolute atomic E-state index is 0.152. The fourth-order valence-electron chi connectivity index (χ4n) is 2.09. The summed E-state index contributed by atoms with van der Waals surface area (Å²) in [6, 6.07) is 2.60. The highest BCUT2D eigenvalue weighted by atomic mass is 35.5. The third-order valence-corrected chi connectivity index (χ3v) is 4.18. The third-order valence-electron chi connectivity index (χ3n) is 2.84. The van der Waals surface area contributed by atoms with Gasteiger partial charge in [0, 0.05) is 17.0 Å². The van der Waals surface area contributed by atoms with Gasteiger partial charge in [0.2, 0.25) is 0 Å². The average Bonchev–Trinajstić information content (AvgIpc) is 2.59. The van der Waals surface area contributed by atoms with Gasteiger partial charge < -0.3 is 10.4 Å². The fourth-order valence-corrected chi connectivity index (χ4v) is 3.47. The summed E-state index contributed by atoms with van der Waals surface area (Å²) in [5.41, 5.74) is 1.34. The van der Waals surface area contributed by atoms with E-state index in [9.17, 15) is 0 Å². The Morgan fingerprint density at radius 3 is 3.27 bits per heavy atom. The quantitative estimate of drug-likeness (QED) is 0.858. The number of fused-ring (bicyclic) bond motifs is 1. The zero-order valence-electron chi connectivity index (χ0n) is 8.79. The number of nitrogens with one attached hydrogen (secondary N) is 1. The molecule has 1 unspecified atom stereocenters. The molecule has 0 fully saturated rings. The van der Waals surface area contributed by atoms with Crippen molar-refractivity contribution in [3.63, 3.8) is 0 Å². The summed E-state index contributed by atoms with van der Waals surface area (Å²) < 4.78 is 0.880. The molecule has 1 aliphatic carbocycles. The van der Waals surface area contributed by atoms with E-state index in [1.807, 2.05) is 6.92 Å². The summed E-state index contributed by atoms with van der Waals surface area (Å²) in [6.07, 6.45) is 3.50. The number of rotatable bonds is 3. The third kappa shape index (κ3) is 2.53. The van der Waals surface area contributed by atoms with E-state index < -0.39 is 0 Å². The van der Waals surface area contributed by atoms with E-state index in [-0.39, 0.29) is 12.6 Å². The Balaban J connectivity index is 2.14. The second-order valence-electron chi connectivity index (χ2n) is 4.12. The first-order valence-corrected chi connectivity index (χ1v) is 6.55. The van der Waals surface area contributed by atoms with Crippen molar-refractivity contribution in [3.05, 3.63) is 20.8 Å². The maximum atomic E-state index is 9.03. The van der Waals surface area contributed by atoms with Crippen molar-refractivity contribution in [2.75, 3.05) is 6.61 Å². The minimum atomic E-state index is 0.152. The highest BCUT2D eigenvalue weighted by Crippen LogP contribution is 2.37. The predicted octanol–water partition coefficient (Wildman–Crippen LogP) is 2.75. The Morgan fingerprint density at radius 1 is 1.73 bits per heavy atom. The molecule has 0 amide bonds. The summed E-state index contributed by atoms with van der Waals surface area (Å²) in [6.45, 7) is 2.19. The first-order valence-electron chi connectivity index (χ1n) is 5.35. The van der Waals surface area contributed by atoms with E-state index in [1.54, 1.807) is 11.3 Å². The lowest BCUT2D eigenvalue weighted by Crippen LogP contribution is -2.34. The Hall–Kier alpha value is -0.0900. The molecule has 2 nitrogen and oxygen atoms in total. The van der Waals surface area contributed by atoms with Gasteiger partial charge in [0.1, 0.15) is 0 Å². The van der Waals surface area contributed by atoms with Crippen molar-refractivity contribution in [2.45, 2.75) is 38.3 Å². The van der Waals surface area contributed by atoms with Gasteiger partial charge in [-0.3, -0.25) is 0 Å². The zero-order valence-corrected chi connectivity index (χ0v) is 10.4. The van der Waals surface area contributed by atoms with Crippen molar-refractivity contribution < 1.29 is 5.11 Å². The van der Waals surface area contributed by atoms with Gasteiger partial charge >= 0.3 is 0 Å². The minimum Gasteiger partial charge on any atom is -0.395 e. The molecule has 0 saturated carbocycles. The Labute approximate surface area is 99.3 Å². The largest absolute Gasteiger partial charge is 0.395 e. The number of aliphatic hydroxyl groups is 1. The van der Waals surface area contributed by atoms with Gasteiger partial charge in [0.25, 0.3) is 0 Å². The molecule has 0 aliphatic heterocycles. The van der Waals surface area contributed by atoms with Crippen LogP contribution in [0.1, 0.15) is 36.2 Å². The lowest BCUT2D eigenvalue weighted by atomic mass is 9.93. The average molecular weight is 246 g/mol. The molecule has 4 heteroatoms. The molecule has 1 aliphatic rings. The van der Waals surface area contributed by atoms with Crippen molar-refractivity contribution in [1.29, 1.82) is 0 Å². The molecule has 0 radical (unpaired) electrons. The lowest BCUT2D eigenvalue weighted by molar-refractivity contribution is 0.236. The maximum Gasteiger partial charge on any atom is 0.0934 e. The van der Waals surface area contributed by atoms with Gasteiger partial charge in [-0.25, -0.2) is 0 Å². The van der Waals surface area contributed by atoms with Crippen LogP contribution in [0.4, 0.5) is 0 Å². The summed E-state index contributed by atoms with van der Waals surface area (Å²) in [5.74, 6) is 0. The number of halogens is 1. The first kappa shape index (κ1) is 11.4. The van der Waals surface area contributed by atoms with Crippen LogP contribution >= 0.6 is 22.9 Å². The molecule has 84 valence electrons. The van der Waals surface area contributed by atoms with Crippen LogP contribution in [0, 0.1) is 0 Å². The molecule has 15 heavy (non-hydrogen) atoms. The second kappa shape index (κ2) is 4.83. The summed E-state index contributed by atoms with van der Waals surface area (Å²) in [4.78, 5) is 1.41. The predicted molar refractivity (Wildman–Crippen MR) is 64.7 cm³/mol. The molecule has 0 spiro atoms. The van der Waals surface area contributed by atoms with Crippen molar-refractivity contribution in [1.82, 2.24) is 5.32 Å². The van der Waals surface area contributed by atoms with E-state index in [2.05, 4.69) is 11.4 Å². The summed E-state index contributed by atoms with van der Waals surface area (Å²) >= 11 is 7.72. The maximum absolute atomic E-state index is 9.03. The molecule has 1 heterocycles. The first-order chi connectivity index (χ1) is 7.20. The molecule has 1 aromatic rings. The number of hydrogen-bond donors (Lipinski definition) is 2. The zero-order chi connectivity index (χ0) is 10.8. The van der Waals surface area contributed by atoms with Crippen LogP contribution in [0.15, 0.2) is 6.07 Å². The van der Waals surface area contributed by atoms with Crippen LogP contribution in [-0.4, -0.2) is 17.8 Å². The number of hydrogen-bond acceptors (Lipinski definition) is 3. The van der Waals surface area contributed by atoms with Crippen LogP contribution in [0.25, 0.3) is 0 Å². The monoisotopic (exact) mass is 245 g/mol. The van der Waals surface area contributed by atoms with E-state index in [4.69, 9.17) is 16.7 Å². The van der Waals surface area contributed by atoms with Gasteiger partial charge in [-0.2, -0.15) is 0 Å². The fraction of sp³-hybridized carbons (Fsp3) is 0.636. The summed E-state index contributed by atoms with van der Waals surface area (Å²) in [7, 11) is 0. The highest BCUT2D eigenvalue weighted by molar-refractivity contribution is 7.16. The van der Waals surface area contributed by atoms with Gasteiger partial charge in [0.15, 0.2) is 0 Å². The van der Waals surface area contributed by atoms with Gasteiger partial charge in [-0.1, -0.05) is 11.6 Å². The van der Waals surface area contributed by atoms with Crippen LogP contribution in [0.3, 0.4) is 0 Å². The molecule has 0 aromatic carbocycles. The van der Waals surface area contributed by atoms with Gasteiger partial charge in [0.05, 0.1) is 10.9 Å². The van der Waals surface area contributed by atoms with Crippen molar-refractivity contribution in [2.24, 2.45) is 0 Å². The van der Waals surface area contributed by atoms with Crippen LogP contribution < -0.4 is 5.32 Å². The van der Waals surface area contributed by atoms with Crippen LogP contribution in [-0.2, 0) is 6.42 Å². The number of aryl methyl sites for hydroxylation is 1. The molecule has 2 rings (SSSR count). The molecular weight excluding hydrogens is 230 g/mol. The van der Waals surface area contributed by atoms with Crippen LogP contribution in [0.5, 0.6) is 0 Å². The lowest BCUT2D eigenvalue weighted by Gasteiger charge is -2.26. The normalized spacial score (nSPS) is 22.5. The Kier molecular flexibility index (Phi) is 3.67. The van der Waals surface area contributed by atoms with Crippen molar-refractivity contribution >= 4 is 22.9 Å². The van der Waals surface area contributed by atoms with Crippen LogP contribution in [0.2, 0.25) is 4.34 Å². The van der Waals surface area contributed by atoms with Gasteiger partial charge in [-0.05, 0) is 37.8 Å². The van der Waals surface area contributed by atoms with E-state index in [1.165, 1.54) is 16.9 Å². The Bertz CT molecular complexity index is 339. The molecule has 2 N–H and O–H groups in total. The topological polar surface area (TPSA) is 32.3 Å².